The van der Waals surface area contributed by atoms with Gasteiger partial charge < -0.3 is 10.1 Å². The maximum absolute atomic E-state index is 5.30. The summed E-state index contributed by atoms with van der Waals surface area (Å²) in [6.45, 7) is 3.28. The number of rotatable bonds is 5. The van der Waals surface area contributed by atoms with E-state index in [9.17, 15) is 0 Å². The summed E-state index contributed by atoms with van der Waals surface area (Å²) in [6.07, 6.45) is 7.51. The number of likely N-dealkylation sites (tertiary alicyclic amines) is 1. The zero-order valence-corrected chi connectivity index (χ0v) is 14.5. The van der Waals surface area contributed by atoms with E-state index in [1.807, 2.05) is 35.0 Å². The van der Waals surface area contributed by atoms with Crippen molar-refractivity contribution in [3.8, 4) is 5.75 Å². The van der Waals surface area contributed by atoms with Gasteiger partial charge in [-0.05, 0) is 49.7 Å². The van der Waals surface area contributed by atoms with Gasteiger partial charge >= 0.3 is 0 Å². The molecule has 25 heavy (non-hydrogen) atoms. The summed E-state index contributed by atoms with van der Waals surface area (Å²) in [5.41, 5.74) is 3.24. The molecule has 3 aromatic rings. The largest absolute Gasteiger partial charge is 0.497 e. The molecule has 6 heteroatoms. The van der Waals surface area contributed by atoms with Crippen LogP contribution in [0.4, 0.5) is 11.5 Å². The number of piperidine rings is 1. The standard InChI is InChI=1S/C19H23N5O/c1-25-17-7-5-6-16(12-17)22-19-18-15(8-11-24(18)21-14-20-19)13-23-9-3-2-4-10-23/h5-8,11-12,14H,2-4,9-10,13H2,1H3,(H,20,21,22). The van der Waals surface area contributed by atoms with Gasteiger partial charge in [0.05, 0.1) is 7.11 Å². The van der Waals surface area contributed by atoms with E-state index < -0.39 is 0 Å². The predicted molar refractivity (Wildman–Crippen MR) is 98.4 cm³/mol. The van der Waals surface area contributed by atoms with E-state index in [0.29, 0.717) is 0 Å². The van der Waals surface area contributed by atoms with Crippen molar-refractivity contribution in [2.24, 2.45) is 0 Å². The topological polar surface area (TPSA) is 54.7 Å². The van der Waals surface area contributed by atoms with E-state index in [1.165, 1.54) is 37.9 Å². The number of methoxy groups -OCH3 is 1. The molecule has 6 nitrogen and oxygen atoms in total. The second-order valence-corrected chi connectivity index (χ2v) is 6.44. The molecule has 0 atom stereocenters. The molecule has 130 valence electrons. The molecule has 1 aliphatic rings. The average molecular weight is 337 g/mol. The Balaban J connectivity index is 1.64. The van der Waals surface area contributed by atoms with Crippen molar-refractivity contribution in [1.82, 2.24) is 19.5 Å². The third-order valence-corrected chi connectivity index (χ3v) is 4.71. The van der Waals surface area contributed by atoms with Crippen molar-refractivity contribution in [2.75, 3.05) is 25.5 Å². The Hall–Kier alpha value is -2.60. The molecule has 1 saturated heterocycles. The van der Waals surface area contributed by atoms with Gasteiger partial charge in [-0.15, -0.1) is 0 Å². The molecule has 0 amide bonds. The van der Waals surface area contributed by atoms with Crippen LogP contribution in [0.5, 0.6) is 5.75 Å². The second kappa shape index (κ2) is 7.11. The molecule has 0 saturated carbocycles. The van der Waals surface area contributed by atoms with E-state index in [2.05, 4.69) is 26.4 Å². The first-order valence-corrected chi connectivity index (χ1v) is 8.78. The predicted octanol–water partition coefficient (Wildman–Crippen LogP) is 3.47. The zero-order valence-electron chi connectivity index (χ0n) is 14.5. The number of ether oxygens (including phenoxy) is 1. The van der Waals surface area contributed by atoms with E-state index in [4.69, 9.17) is 4.74 Å². The van der Waals surface area contributed by atoms with Crippen LogP contribution in [-0.4, -0.2) is 39.7 Å². The molecule has 0 bridgehead atoms. The Morgan fingerprint density at radius 3 is 2.88 bits per heavy atom. The molecule has 0 radical (unpaired) electrons. The van der Waals surface area contributed by atoms with Gasteiger partial charge in [0.1, 0.15) is 17.6 Å². The molecule has 1 aromatic carbocycles. The lowest BCUT2D eigenvalue weighted by molar-refractivity contribution is 0.221. The van der Waals surface area contributed by atoms with E-state index in [1.54, 1.807) is 13.4 Å². The zero-order chi connectivity index (χ0) is 17.1. The fourth-order valence-corrected chi connectivity index (χ4v) is 3.43. The Labute approximate surface area is 147 Å². The van der Waals surface area contributed by atoms with Crippen LogP contribution < -0.4 is 10.1 Å². The SMILES string of the molecule is COc1cccc(Nc2ncnn3ccc(CN4CCCCC4)c23)c1. The van der Waals surface area contributed by atoms with Crippen molar-refractivity contribution < 1.29 is 4.74 Å². The molecule has 4 rings (SSSR count). The monoisotopic (exact) mass is 337 g/mol. The summed E-state index contributed by atoms with van der Waals surface area (Å²) in [4.78, 5) is 7.00. The fraction of sp³-hybridized carbons (Fsp3) is 0.368. The van der Waals surface area contributed by atoms with E-state index >= 15 is 0 Å². The maximum atomic E-state index is 5.30. The van der Waals surface area contributed by atoms with Crippen LogP contribution in [0, 0.1) is 0 Å². The maximum Gasteiger partial charge on any atom is 0.158 e. The molecular formula is C19H23N5O. The number of hydrogen-bond acceptors (Lipinski definition) is 5. The van der Waals surface area contributed by atoms with Gasteiger partial charge in [-0.2, -0.15) is 5.10 Å². The van der Waals surface area contributed by atoms with Crippen LogP contribution >= 0.6 is 0 Å². The molecule has 1 aliphatic heterocycles. The van der Waals surface area contributed by atoms with Crippen LogP contribution in [0.15, 0.2) is 42.9 Å². The van der Waals surface area contributed by atoms with Crippen LogP contribution in [-0.2, 0) is 6.54 Å². The molecule has 3 heterocycles. The van der Waals surface area contributed by atoms with Crippen molar-refractivity contribution in [3.05, 3.63) is 48.4 Å². The number of nitrogens with zero attached hydrogens (tertiary/aromatic N) is 4. The summed E-state index contributed by atoms with van der Waals surface area (Å²) < 4.78 is 7.20. The van der Waals surface area contributed by atoms with Crippen molar-refractivity contribution >= 4 is 17.0 Å². The number of anilines is 2. The number of nitrogens with one attached hydrogen (secondary N) is 1. The van der Waals surface area contributed by atoms with Gasteiger partial charge in [-0.1, -0.05) is 12.5 Å². The summed E-state index contributed by atoms with van der Waals surface area (Å²) in [5, 5.41) is 7.77. The third kappa shape index (κ3) is 3.44. The summed E-state index contributed by atoms with van der Waals surface area (Å²) in [7, 11) is 1.67. The summed E-state index contributed by atoms with van der Waals surface area (Å²) >= 11 is 0. The van der Waals surface area contributed by atoms with Crippen molar-refractivity contribution in [3.63, 3.8) is 0 Å². The smallest absolute Gasteiger partial charge is 0.158 e. The molecule has 0 unspecified atom stereocenters. The lowest BCUT2D eigenvalue weighted by atomic mass is 10.1. The first-order chi connectivity index (χ1) is 12.3. The Morgan fingerprint density at radius 1 is 1.16 bits per heavy atom. The number of hydrogen-bond donors (Lipinski definition) is 1. The van der Waals surface area contributed by atoms with Gasteiger partial charge in [0, 0.05) is 24.5 Å². The number of benzene rings is 1. The molecule has 2 aromatic heterocycles. The third-order valence-electron chi connectivity index (χ3n) is 4.71. The summed E-state index contributed by atoms with van der Waals surface area (Å²) in [5.74, 6) is 1.64. The lowest BCUT2D eigenvalue weighted by Crippen LogP contribution is -2.29. The van der Waals surface area contributed by atoms with E-state index in [-0.39, 0.29) is 0 Å². The second-order valence-electron chi connectivity index (χ2n) is 6.44. The van der Waals surface area contributed by atoms with Crippen LogP contribution in [0.1, 0.15) is 24.8 Å². The highest BCUT2D eigenvalue weighted by atomic mass is 16.5. The molecular weight excluding hydrogens is 314 g/mol. The Morgan fingerprint density at radius 2 is 2.04 bits per heavy atom. The average Bonchev–Trinajstić information content (AvgIpc) is 3.07. The minimum atomic E-state index is 0.819. The fourth-order valence-electron chi connectivity index (χ4n) is 3.43. The van der Waals surface area contributed by atoms with Crippen LogP contribution in [0.25, 0.3) is 5.52 Å². The molecule has 1 N–H and O–H groups in total. The van der Waals surface area contributed by atoms with E-state index in [0.717, 1.165) is 29.3 Å². The van der Waals surface area contributed by atoms with Crippen LogP contribution in [0.2, 0.25) is 0 Å². The van der Waals surface area contributed by atoms with Crippen molar-refractivity contribution in [2.45, 2.75) is 25.8 Å². The minimum Gasteiger partial charge on any atom is -0.497 e. The van der Waals surface area contributed by atoms with Gasteiger partial charge in [-0.25, -0.2) is 9.50 Å². The highest BCUT2D eigenvalue weighted by molar-refractivity contribution is 5.76. The van der Waals surface area contributed by atoms with Crippen molar-refractivity contribution in [1.29, 1.82) is 0 Å². The normalized spacial score (nSPS) is 15.4. The Kier molecular flexibility index (Phi) is 4.52. The molecule has 0 spiro atoms. The summed E-state index contributed by atoms with van der Waals surface area (Å²) in [6, 6.07) is 10.0. The lowest BCUT2D eigenvalue weighted by Gasteiger charge is -2.26. The van der Waals surface area contributed by atoms with Crippen LogP contribution in [0.3, 0.4) is 0 Å². The Bertz CT molecular complexity index is 854. The number of aromatic nitrogens is 3. The van der Waals surface area contributed by atoms with Gasteiger partial charge in [0.2, 0.25) is 0 Å². The molecule has 1 fully saturated rings. The quantitative estimate of drug-likeness (QED) is 0.772. The van der Waals surface area contributed by atoms with Gasteiger partial charge in [-0.3, -0.25) is 4.90 Å². The first kappa shape index (κ1) is 15.9. The highest BCUT2D eigenvalue weighted by Crippen LogP contribution is 2.26. The minimum absolute atomic E-state index is 0.819. The number of fused-ring (bicyclic) bond motifs is 1. The first-order valence-electron chi connectivity index (χ1n) is 8.78. The molecule has 0 aliphatic carbocycles. The van der Waals surface area contributed by atoms with Gasteiger partial charge in [0.15, 0.2) is 5.82 Å². The highest BCUT2D eigenvalue weighted by Gasteiger charge is 2.15. The van der Waals surface area contributed by atoms with Gasteiger partial charge in [0.25, 0.3) is 0 Å².